The van der Waals surface area contributed by atoms with Crippen molar-refractivity contribution in [2.75, 3.05) is 19.6 Å². The Balaban J connectivity index is 1.35. The molecule has 0 bridgehead atoms. The predicted molar refractivity (Wildman–Crippen MR) is 128 cm³/mol. The molecule has 1 unspecified atom stereocenters. The maximum Gasteiger partial charge on any atom is 0.253 e. The number of carbonyl (C=O) groups is 2. The van der Waals surface area contributed by atoms with Crippen LogP contribution >= 0.6 is 0 Å². The molecule has 182 valence electrons. The number of rotatable bonds is 6. The highest BCUT2D eigenvalue weighted by atomic mass is 32.2. The standard InChI is InChI=1S/C25H32N4O4S/c1-19-6-2-3-13-29(19)34(32,33)23-9-4-8-22(16-23)25(31)28-14-10-21(11-15-28)24(30)27-18-20-7-5-12-26-17-20/h4-5,7-9,12,16-17,19,21H,2-3,6,10-11,13-15,18H2,1H3,(H,27,30). The lowest BCUT2D eigenvalue weighted by Gasteiger charge is -2.33. The van der Waals surface area contributed by atoms with Gasteiger partial charge in [0.15, 0.2) is 0 Å². The van der Waals surface area contributed by atoms with Crippen LogP contribution < -0.4 is 5.32 Å². The van der Waals surface area contributed by atoms with Crippen molar-refractivity contribution in [1.29, 1.82) is 0 Å². The molecule has 0 saturated carbocycles. The van der Waals surface area contributed by atoms with Crippen LogP contribution in [0.1, 0.15) is 54.9 Å². The van der Waals surface area contributed by atoms with Gasteiger partial charge in [-0.3, -0.25) is 14.6 Å². The van der Waals surface area contributed by atoms with Gasteiger partial charge in [-0.2, -0.15) is 4.31 Å². The van der Waals surface area contributed by atoms with Crippen LogP contribution in [0.25, 0.3) is 0 Å². The first-order chi connectivity index (χ1) is 16.4. The topological polar surface area (TPSA) is 99.7 Å². The van der Waals surface area contributed by atoms with E-state index >= 15 is 0 Å². The number of piperidine rings is 2. The molecule has 2 aliphatic rings. The Kier molecular flexibility index (Phi) is 7.63. The van der Waals surface area contributed by atoms with Gasteiger partial charge >= 0.3 is 0 Å². The lowest BCUT2D eigenvalue weighted by molar-refractivity contribution is -0.126. The third-order valence-electron chi connectivity index (χ3n) is 6.77. The van der Waals surface area contributed by atoms with Gasteiger partial charge in [-0.1, -0.05) is 18.6 Å². The van der Waals surface area contributed by atoms with Crippen LogP contribution in [0.2, 0.25) is 0 Å². The van der Waals surface area contributed by atoms with Crippen LogP contribution in [-0.2, 0) is 21.4 Å². The summed E-state index contributed by atoms with van der Waals surface area (Å²) in [6.07, 6.45) is 7.31. The first-order valence-corrected chi connectivity index (χ1v) is 13.4. The Morgan fingerprint density at radius 1 is 1.06 bits per heavy atom. The van der Waals surface area contributed by atoms with E-state index < -0.39 is 10.0 Å². The average Bonchev–Trinajstić information content (AvgIpc) is 2.88. The number of likely N-dealkylation sites (tertiary alicyclic amines) is 1. The number of hydrogen-bond donors (Lipinski definition) is 1. The van der Waals surface area contributed by atoms with E-state index in [0.29, 0.717) is 44.6 Å². The Morgan fingerprint density at radius 2 is 1.85 bits per heavy atom. The van der Waals surface area contributed by atoms with Crippen LogP contribution in [0, 0.1) is 5.92 Å². The van der Waals surface area contributed by atoms with Gasteiger partial charge < -0.3 is 10.2 Å². The molecule has 2 amide bonds. The number of benzene rings is 1. The molecule has 0 aliphatic carbocycles. The fourth-order valence-electron chi connectivity index (χ4n) is 4.72. The maximum atomic E-state index is 13.2. The van der Waals surface area contributed by atoms with Gasteiger partial charge in [0.05, 0.1) is 4.90 Å². The molecule has 2 aromatic rings. The van der Waals surface area contributed by atoms with Gasteiger partial charge in [-0.25, -0.2) is 8.42 Å². The number of pyridine rings is 1. The summed E-state index contributed by atoms with van der Waals surface area (Å²) in [6.45, 7) is 3.80. The first kappa shape index (κ1) is 24.3. The second-order valence-corrected chi connectivity index (χ2v) is 11.0. The van der Waals surface area contributed by atoms with Crippen LogP contribution in [0.3, 0.4) is 0 Å². The minimum Gasteiger partial charge on any atom is -0.352 e. The van der Waals surface area contributed by atoms with Crippen LogP contribution in [0.5, 0.6) is 0 Å². The van der Waals surface area contributed by atoms with E-state index in [1.165, 1.54) is 6.07 Å². The number of sulfonamides is 1. The number of amides is 2. The quantitative estimate of drug-likeness (QED) is 0.680. The summed E-state index contributed by atoms with van der Waals surface area (Å²) in [5.74, 6) is -0.356. The van der Waals surface area contributed by atoms with Crippen molar-refractivity contribution < 1.29 is 18.0 Å². The highest BCUT2D eigenvalue weighted by Crippen LogP contribution is 2.26. The number of carbonyl (C=O) groups excluding carboxylic acids is 2. The Morgan fingerprint density at radius 3 is 2.56 bits per heavy atom. The van der Waals surface area contributed by atoms with Crippen molar-refractivity contribution in [3.63, 3.8) is 0 Å². The van der Waals surface area contributed by atoms with Crippen molar-refractivity contribution in [2.24, 2.45) is 5.92 Å². The van der Waals surface area contributed by atoms with Gasteiger partial charge in [-0.05, 0) is 62.4 Å². The predicted octanol–water partition coefficient (Wildman–Crippen LogP) is 2.81. The fourth-order valence-corrected chi connectivity index (χ4v) is 6.46. The zero-order valence-corrected chi connectivity index (χ0v) is 20.3. The molecule has 9 heteroatoms. The molecule has 2 saturated heterocycles. The first-order valence-electron chi connectivity index (χ1n) is 11.9. The van der Waals surface area contributed by atoms with Crippen molar-refractivity contribution in [2.45, 2.75) is 56.5 Å². The number of hydrogen-bond acceptors (Lipinski definition) is 5. The summed E-state index contributed by atoms with van der Waals surface area (Å²) in [5.41, 5.74) is 1.31. The van der Waals surface area contributed by atoms with Gasteiger partial charge in [-0.15, -0.1) is 0 Å². The Bertz CT molecular complexity index is 1110. The fraction of sp³-hybridized carbons (Fsp3) is 0.480. The molecule has 1 atom stereocenters. The Labute approximate surface area is 201 Å². The minimum absolute atomic E-state index is 0.0142. The van der Waals surface area contributed by atoms with Crippen LogP contribution in [-0.4, -0.2) is 60.1 Å². The molecule has 1 aromatic heterocycles. The van der Waals surface area contributed by atoms with E-state index in [2.05, 4.69) is 10.3 Å². The Hall–Kier alpha value is -2.78. The second kappa shape index (κ2) is 10.7. The summed E-state index contributed by atoms with van der Waals surface area (Å²) in [5, 5.41) is 2.95. The normalized spacial score (nSPS) is 20.1. The van der Waals surface area contributed by atoms with Crippen LogP contribution in [0.4, 0.5) is 0 Å². The third kappa shape index (κ3) is 5.47. The molecule has 2 aliphatic heterocycles. The lowest BCUT2D eigenvalue weighted by Crippen LogP contribution is -2.43. The molecular formula is C25H32N4O4S. The summed E-state index contributed by atoms with van der Waals surface area (Å²) in [7, 11) is -3.64. The highest BCUT2D eigenvalue weighted by molar-refractivity contribution is 7.89. The summed E-state index contributed by atoms with van der Waals surface area (Å²) < 4.78 is 27.9. The van der Waals surface area contributed by atoms with Gasteiger partial charge in [0, 0.05) is 56.1 Å². The molecule has 4 rings (SSSR count). The smallest absolute Gasteiger partial charge is 0.253 e. The summed E-state index contributed by atoms with van der Waals surface area (Å²) in [6, 6.07) is 10.0. The second-order valence-electron chi connectivity index (χ2n) is 9.13. The molecule has 1 N–H and O–H groups in total. The number of nitrogens with zero attached hydrogens (tertiary/aromatic N) is 3. The molecule has 34 heavy (non-hydrogen) atoms. The maximum absolute atomic E-state index is 13.2. The average molecular weight is 485 g/mol. The molecule has 0 spiro atoms. The molecular weight excluding hydrogens is 452 g/mol. The zero-order chi connectivity index (χ0) is 24.1. The van der Waals surface area contributed by atoms with E-state index in [1.807, 2.05) is 19.1 Å². The zero-order valence-electron chi connectivity index (χ0n) is 19.5. The van der Waals surface area contributed by atoms with E-state index in [9.17, 15) is 18.0 Å². The molecule has 0 radical (unpaired) electrons. The third-order valence-corrected chi connectivity index (χ3v) is 8.78. The SMILES string of the molecule is CC1CCCCN1S(=O)(=O)c1cccc(C(=O)N2CCC(C(=O)NCc3cccnc3)CC2)c1. The molecule has 8 nitrogen and oxygen atoms in total. The minimum atomic E-state index is -3.64. The van der Waals surface area contributed by atoms with Crippen LogP contribution in [0.15, 0.2) is 53.7 Å². The lowest BCUT2D eigenvalue weighted by atomic mass is 9.95. The van der Waals surface area contributed by atoms with Crippen molar-refractivity contribution >= 4 is 21.8 Å². The molecule has 2 fully saturated rings. The summed E-state index contributed by atoms with van der Waals surface area (Å²) in [4.78, 5) is 31.6. The molecule has 1 aromatic carbocycles. The monoisotopic (exact) mass is 484 g/mol. The van der Waals surface area contributed by atoms with Gasteiger partial charge in [0.1, 0.15) is 0 Å². The number of nitrogens with one attached hydrogen (secondary N) is 1. The highest BCUT2D eigenvalue weighted by Gasteiger charge is 2.32. The van der Waals surface area contributed by atoms with E-state index in [-0.39, 0.29) is 28.7 Å². The van der Waals surface area contributed by atoms with E-state index in [0.717, 1.165) is 24.8 Å². The summed E-state index contributed by atoms with van der Waals surface area (Å²) >= 11 is 0. The van der Waals surface area contributed by atoms with Crippen molar-refractivity contribution in [1.82, 2.24) is 19.5 Å². The molecule has 3 heterocycles. The largest absolute Gasteiger partial charge is 0.352 e. The van der Waals surface area contributed by atoms with E-state index in [1.54, 1.807) is 39.8 Å². The van der Waals surface area contributed by atoms with Gasteiger partial charge in [0.2, 0.25) is 15.9 Å². The van der Waals surface area contributed by atoms with Gasteiger partial charge in [0.25, 0.3) is 5.91 Å². The van der Waals surface area contributed by atoms with Crippen molar-refractivity contribution in [3.8, 4) is 0 Å². The van der Waals surface area contributed by atoms with Crippen molar-refractivity contribution in [3.05, 3.63) is 59.9 Å². The van der Waals surface area contributed by atoms with E-state index in [4.69, 9.17) is 0 Å². The number of aromatic nitrogens is 1.